The van der Waals surface area contributed by atoms with Crippen LogP contribution in [0, 0.1) is 13.8 Å². The van der Waals surface area contributed by atoms with Crippen LogP contribution in [-0.4, -0.2) is 36.1 Å². The van der Waals surface area contributed by atoms with Crippen LogP contribution in [-0.2, 0) is 6.54 Å². The van der Waals surface area contributed by atoms with E-state index in [1.807, 2.05) is 55.4 Å². The van der Waals surface area contributed by atoms with Gasteiger partial charge in [0.2, 0.25) is 5.92 Å². The number of hydrogen-bond donors (Lipinski definition) is 0. The molecule has 0 bridgehead atoms. The Hall–Kier alpha value is -3.10. The fourth-order valence-electron chi connectivity index (χ4n) is 4.83. The molecule has 6 nitrogen and oxygen atoms in total. The molecule has 0 saturated heterocycles. The lowest BCUT2D eigenvalue weighted by Crippen LogP contribution is -2.38. The zero-order valence-corrected chi connectivity index (χ0v) is 19.8. The summed E-state index contributed by atoms with van der Waals surface area (Å²) in [5.41, 5.74) is 3.86. The van der Waals surface area contributed by atoms with Gasteiger partial charge < -0.3 is 9.09 Å². The maximum atomic E-state index is 15.7. The predicted molar refractivity (Wildman–Crippen MR) is 124 cm³/mol. The molecule has 0 radical (unpaired) electrons. The highest BCUT2D eigenvalue weighted by Crippen LogP contribution is 2.43. The van der Waals surface area contributed by atoms with Gasteiger partial charge in [0.25, 0.3) is 0 Å². The lowest BCUT2D eigenvalue weighted by molar-refractivity contribution is -0.0791. The Labute approximate surface area is 195 Å². The van der Waals surface area contributed by atoms with E-state index in [0.29, 0.717) is 11.3 Å². The number of pyridine rings is 1. The quantitative estimate of drug-likeness (QED) is 0.326. The summed E-state index contributed by atoms with van der Waals surface area (Å²) in [6.45, 7) is 7.77. The predicted octanol–water partition coefficient (Wildman–Crippen LogP) is 6.67. The Morgan fingerprint density at radius 1 is 1.03 bits per heavy atom. The SMILES string of the molecule is Cc1noc(C)c1-c1cnc2c(-c3cnn(C(C)C)c3)cn(CC3(F)CCC(F)(F)CC3)c2c1. The maximum absolute atomic E-state index is 15.7. The second-order valence-electron chi connectivity index (χ2n) is 9.77. The summed E-state index contributed by atoms with van der Waals surface area (Å²) < 4.78 is 52.2. The van der Waals surface area contributed by atoms with Crippen molar-refractivity contribution < 1.29 is 17.7 Å². The van der Waals surface area contributed by atoms with E-state index in [-0.39, 0.29) is 25.4 Å². The number of nitrogens with zero attached hydrogens (tertiary/aromatic N) is 5. The molecule has 1 saturated carbocycles. The first kappa shape index (κ1) is 22.7. The van der Waals surface area contributed by atoms with Gasteiger partial charge in [0.1, 0.15) is 11.4 Å². The number of aromatic nitrogens is 5. The molecule has 5 rings (SSSR count). The molecule has 9 heteroatoms. The lowest BCUT2D eigenvalue weighted by atomic mass is 9.84. The molecular weight excluding hydrogens is 443 g/mol. The van der Waals surface area contributed by atoms with Crippen LogP contribution in [0.4, 0.5) is 13.2 Å². The average Bonchev–Trinajstić information content (AvgIpc) is 3.48. The fourth-order valence-corrected chi connectivity index (χ4v) is 4.83. The van der Waals surface area contributed by atoms with Gasteiger partial charge >= 0.3 is 0 Å². The van der Waals surface area contributed by atoms with Gasteiger partial charge in [-0.25, -0.2) is 13.2 Å². The largest absolute Gasteiger partial charge is 0.361 e. The van der Waals surface area contributed by atoms with Gasteiger partial charge in [0.05, 0.1) is 29.5 Å². The van der Waals surface area contributed by atoms with Gasteiger partial charge in [-0.2, -0.15) is 5.10 Å². The van der Waals surface area contributed by atoms with E-state index in [2.05, 4.69) is 10.3 Å². The number of alkyl halides is 3. The minimum Gasteiger partial charge on any atom is -0.361 e. The summed E-state index contributed by atoms with van der Waals surface area (Å²) in [7, 11) is 0. The van der Waals surface area contributed by atoms with E-state index in [1.165, 1.54) is 0 Å². The van der Waals surface area contributed by atoms with Gasteiger partial charge in [-0.3, -0.25) is 9.67 Å². The normalized spacial score (nSPS) is 17.6. The lowest BCUT2D eigenvalue weighted by Gasteiger charge is -2.34. The van der Waals surface area contributed by atoms with Crippen LogP contribution in [0.3, 0.4) is 0 Å². The van der Waals surface area contributed by atoms with Crippen LogP contribution in [0.1, 0.15) is 57.0 Å². The number of aryl methyl sites for hydroxylation is 2. The molecule has 4 aromatic heterocycles. The summed E-state index contributed by atoms with van der Waals surface area (Å²) in [6.07, 6.45) is 6.15. The van der Waals surface area contributed by atoms with Crippen molar-refractivity contribution in [3.63, 3.8) is 0 Å². The van der Waals surface area contributed by atoms with Gasteiger partial charge in [-0.15, -0.1) is 0 Å². The molecule has 0 unspecified atom stereocenters. The standard InChI is InChI=1S/C25H28F3N5O/c1-15(2)33-12-19(11-30-33)20-13-32(14-24(26)5-7-25(27,28)8-6-24)21-9-18(10-29-23(20)21)22-16(3)31-34-17(22)4/h9-13,15H,5-8,14H2,1-4H3. The summed E-state index contributed by atoms with van der Waals surface area (Å²) in [5.74, 6) is -2.12. The number of fused-ring (bicyclic) bond motifs is 1. The van der Waals surface area contributed by atoms with Gasteiger partial charge in [-0.1, -0.05) is 5.16 Å². The molecule has 0 amide bonds. The molecule has 34 heavy (non-hydrogen) atoms. The molecule has 4 heterocycles. The molecule has 1 fully saturated rings. The fraction of sp³-hybridized carbons (Fsp3) is 0.480. The molecule has 0 spiro atoms. The second-order valence-corrected chi connectivity index (χ2v) is 9.77. The Morgan fingerprint density at radius 2 is 1.76 bits per heavy atom. The van der Waals surface area contributed by atoms with Crippen LogP contribution in [0.15, 0.2) is 35.4 Å². The Morgan fingerprint density at radius 3 is 2.38 bits per heavy atom. The second kappa shape index (κ2) is 7.99. The van der Waals surface area contributed by atoms with Crippen LogP contribution in [0.5, 0.6) is 0 Å². The Bertz CT molecular complexity index is 1320. The molecule has 4 aromatic rings. The van der Waals surface area contributed by atoms with Crippen LogP contribution in [0.25, 0.3) is 33.3 Å². The van der Waals surface area contributed by atoms with E-state index in [9.17, 15) is 8.78 Å². The topological polar surface area (TPSA) is 61.7 Å². The average molecular weight is 472 g/mol. The third kappa shape index (κ3) is 4.01. The van der Waals surface area contributed by atoms with E-state index < -0.39 is 24.4 Å². The summed E-state index contributed by atoms with van der Waals surface area (Å²) >= 11 is 0. The summed E-state index contributed by atoms with van der Waals surface area (Å²) in [5, 5.41) is 8.47. The smallest absolute Gasteiger partial charge is 0.248 e. The maximum Gasteiger partial charge on any atom is 0.248 e. The Balaban J connectivity index is 1.62. The molecular formula is C25H28F3N5O. The molecule has 180 valence electrons. The van der Waals surface area contributed by atoms with Crippen molar-refractivity contribution in [3.8, 4) is 22.3 Å². The molecule has 0 aliphatic heterocycles. The van der Waals surface area contributed by atoms with Gasteiger partial charge in [0, 0.05) is 59.7 Å². The van der Waals surface area contributed by atoms with Crippen LogP contribution < -0.4 is 0 Å². The molecule has 0 aromatic carbocycles. The summed E-state index contributed by atoms with van der Waals surface area (Å²) in [6, 6.07) is 2.14. The highest BCUT2D eigenvalue weighted by atomic mass is 19.3. The van der Waals surface area contributed by atoms with Gasteiger partial charge in [-0.05, 0) is 46.6 Å². The third-order valence-corrected chi connectivity index (χ3v) is 6.81. The van der Waals surface area contributed by atoms with Crippen LogP contribution >= 0.6 is 0 Å². The highest BCUT2D eigenvalue weighted by molar-refractivity contribution is 5.94. The van der Waals surface area contributed by atoms with E-state index in [1.54, 1.807) is 12.4 Å². The van der Waals surface area contributed by atoms with Crippen molar-refractivity contribution in [2.24, 2.45) is 0 Å². The van der Waals surface area contributed by atoms with Crippen molar-refractivity contribution in [1.29, 1.82) is 0 Å². The third-order valence-electron chi connectivity index (χ3n) is 6.81. The van der Waals surface area contributed by atoms with Crippen molar-refractivity contribution in [2.75, 3.05) is 0 Å². The first-order chi connectivity index (χ1) is 16.1. The minimum absolute atomic E-state index is 0.00929. The van der Waals surface area contributed by atoms with Crippen LogP contribution in [0.2, 0.25) is 0 Å². The first-order valence-electron chi connectivity index (χ1n) is 11.6. The monoisotopic (exact) mass is 471 g/mol. The zero-order chi connectivity index (χ0) is 24.3. The van der Waals surface area contributed by atoms with Crippen molar-refractivity contribution >= 4 is 11.0 Å². The highest BCUT2D eigenvalue weighted by Gasteiger charge is 2.44. The van der Waals surface area contributed by atoms with E-state index in [0.717, 1.165) is 33.5 Å². The van der Waals surface area contributed by atoms with Crippen molar-refractivity contribution in [1.82, 2.24) is 24.5 Å². The number of hydrogen-bond acceptors (Lipinski definition) is 4. The number of rotatable bonds is 5. The summed E-state index contributed by atoms with van der Waals surface area (Å²) in [4.78, 5) is 4.74. The van der Waals surface area contributed by atoms with E-state index >= 15 is 4.39 Å². The minimum atomic E-state index is -2.79. The molecule has 0 N–H and O–H groups in total. The number of halogens is 3. The molecule has 0 atom stereocenters. The van der Waals surface area contributed by atoms with E-state index in [4.69, 9.17) is 9.51 Å². The van der Waals surface area contributed by atoms with Crippen molar-refractivity contribution in [3.05, 3.63) is 42.3 Å². The van der Waals surface area contributed by atoms with Crippen molar-refractivity contribution in [2.45, 2.75) is 77.6 Å². The Kier molecular flexibility index (Phi) is 5.33. The first-order valence-corrected chi connectivity index (χ1v) is 11.6. The zero-order valence-electron chi connectivity index (χ0n) is 19.8. The van der Waals surface area contributed by atoms with Gasteiger partial charge in [0.15, 0.2) is 0 Å². The molecule has 1 aliphatic carbocycles. The molecule has 1 aliphatic rings.